The highest BCUT2D eigenvalue weighted by Crippen LogP contribution is 2.27. The topological polar surface area (TPSA) is 88.8 Å². The maximum Gasteiger partial charge on any atom is 0.164 e. The standard InChI is InChI=1S/C20H22N4O3/c1-5-8-27-18-7-6-15(10-19(18)26-4)12-22-24-20-17(11-21)16(13-25-3)9-14(2)23-20/h5-7,9-10,12H,1,8,13H2,2-4H3,(H,23,24). The van der Waals surface area contributed by atoms with Crippen LogP contribution in [0, 0.1) is 18.3 Å². The molecular formula is C20H22N4O3. The minimum Gasteiger partial charge on any atom is -0.493 e. The Morgan fingerprint density at radius 3 is 2.78 bits per heavy atom. The molecule has 0 amide bonds. The second kappa shape index (κ2) is 9.94. The number of aromatic nitrogens is 1. The molecular weight excluding hydrogens is 344 g/mol. The first-order valence-electron chi connectivity index (χ1n) is 8.23. The second-order valence-electron chi connectivity index (χ2n) is 5.57. The molecule has 0 atom stereocenters. The molecule has 1 aromatic heterocycles. The molecule has 0 aliphatic carbocycles. The molecule has 0 saturated carbocycles. The monoisotopic (exact) mass is 366 g/mol. The van der Waals surface area contributed by atoms with Crippen molar-refractivity contribution in [3.8, 4) is 17.6 Å². The normalized spacial score (nSPS) is 10.4. The number of aryl methyl sites for hydroxylation is 1. The predicted molar refractivity (Wildman–Crippen MR) is 104 cm³/mol. The van der Waals surface area contributed by atoms with Crippen LogP contribution in [0.3, 0.4) is 0 Å². The molecule has 0 spiro atoms. The highest BCUT2D eigenvalue weighted by Gasteiger charge is 2.11. The van der Waals surface area contributed by atoms with Gasteiger partial charge in [0.1, 0.15) is 18.2 Å². The lowest BCUT2D eigenvalue weighted by Crippen LogP contribution is -2.03. The molecule has 27 heavy (non-hydrogen) atoms. The van der Waals surface area contributed by atoms with Gasteiger partial charge in [0, 0.05) is 18.4 Å². The van der Waals surface area contributed by atoms with E-state index >= 15 is 0 Å². The third-order valence-electron chi connectivity index (χ3n) is 3.57. The number of pyridine rings is 1. The van der Waals surface area contributed by atoms with E-state index in [2.05, 4.69) is 28.2 Å². The van der Waals surface area contributed by atoms with Gasteiger partial charge in [0.2, 0.25) is 0 Å². The smallest absolute Gasteiger partial charge is 0.164 e. The third kappa shape index (κ3) is 5.30. The molecule has 0 fully saturated rings. The van der Waals surface area contributed by atoms with Gasteiger partial charge >= 0.3 is 0 Å². The summed E-state index contributed by atoms with van der Waals surface area (Å²) in [7, 11) is 3.15. The number of nitriles is 1. The fourth-order valence-corrected chi connectivity index (χ4v) is 2.42. The van der Waals surface area contributed by atoms with E-state index in [0.717, 1.165) is 16.8 Å². The SMILES string of the molecule is C=CCOc1ccc(C=NNc2nc(C)cc(COC)c2C#N)cc1OC. The largest absolute Gasteiger partial charge is 0.493 e. The van der Waals surface area contributed by atoms with Gasteiger partial charge in [0.05, 0.1) is 19.9 Å². The Labute approximate surface area is 158 Å². The molecule has 140 valence electrons. The van der Waals surface area contributed by atoms with Crippen molar-refractivity contribution < 1.29 is 14.2 Å². The van der Waals surface area contributed by atoms with Gasteiger partial charge in [-0.05, 0) is 36.8 Å². The number of hydrogen-bond donors (Lipinski definition) is 1. The summed E-state index contributed by atoms with van der Waals surface area (Å²) >= 11 is 0. The van der Waals surface area contributed by atoms with Gasteiger partial charge in [0.25, 0.3) is 0 Å². The third-order valence-corrected chi connectivity index (χ3v) is 3.57. The van der Waals surface area contributed by atoms with Crippen LogP contribution >= 0.6 is 0 Å². The van der Waals surface area contributed by atoms with E-state index in [1.807, 2.05) is 19.1 Å². The number of methoxy groups -OCH3 is 2. The maximum atomic E-state index is 9.43. The minimum atomic E-state index is 0.327. The Bertz CT molecular complexity index is 872. The molecule has 0 unspecified atom stereocenters. The van der Waals surface area contributed by atoms with Gasteiger partial charge in [-0.2, -0.15) is 10.4 Å². The van der Waals surface area contributed by atoms with Gasteiger partial charge in [-0.25, -0.2) is 4.98 Å². The van der Waals surface area contributed by atoms with Crippen molar-refractivity contribution in [1.82, 2.24) is 4.98 Å². The zero-order valence-electron chi connectivity index (χ0n) is 15.7. The van der Waals surface area contributed by atoms with Crippen molar-refractivity contribution in [3.05, 3.63) is 59.3 Å². The number of rotatable bonds is 9. The first-order chi connectivity index (χ1) is 13.1. The zero-order chi connectivity index (χ0) is 19.6. The van der Waals surface area contributed by atoms with Crippen molar-refractivity contribution in [2.75, 3.05) is 26.3 Å². The second-order valence-corrected chi connectivity index (χ2v) is 5.57. The Morgan fingerprint density at radius 1 is 1.30 bits per heavy atom. The summed E-state index contributed by atoms with van der Waals surface area (Å²) in [6.07, 6.45) is 3.28. The van der Waals surface area contributed by atoms with Gasteiger partial charge in [0.15, 0.2) is 17.3 Å². The van der Waals surface area contributed by atoms with Crippen molar-refractivity contribution in [1.29, 1.82) is 5.26 Å². The molecule has 7 heteroatoms. The van der Waals surface area contributed by atoms with E-state index in [1.54, 1.807) is 38.6 Å². The zero-order valence-corrected chi connectivity index (χ0v) is 15.7. The Hall–Kier alpha value is -3.37. The Kier molecular flexibility index (Phi) is 7.35. The molecule has 2 rings (SSSR count). The van der Waals surface area contributed by atoms with E-state index < -0.39 is 0 Å². The molecule has 1 aromatic carbocycles. The van der Waals surface area contributed by atoms with Crippen molar-refractivity contribution >= 4 is 12.0 Å². The van der Waals surface area contributed by atoms with Crippen LogP contribution in [0.25, 0.3) is 0 Å². The van der Waals surface area contributed by atoms with Crippen LogP contribution in [0.4, 0.5) is 5.82 Å². The highest BCUT2D eigenvalue weighted by atomic mass is 16.5. The van der Waals surface area contributed by atoms with E-state index in [-0.39, 0.29) is 0 Å². The highest BCUT2D eigenvalue weighted by molar-refractivity contribution is 5.81. The summed E-state index contributed by atoms with van der Waals surface area (Å²) in [6.45, 7) is 6.19. The number of anilines is 1. The van der Waals surface area contributed by atoms with E-state index in [4.69, 9.17) is 14.2 Å². The molecule has 0 aliphatic heterocycles. The van der Waals surface area contributed by atoms with Crippen LogP contribution < -0.4 is 14.9 Å². The minimum absolute atomic E-state index is 0.327. The summed E-state index contributed by atoms with van der Waals surface area (Å²) in [6, 6.07) is 9.41. The van der Waals surface area contributed by atoms with Crippen molar-refractivity contribution in [3.63, 3.8) is 0 Å². The Morgan fingerprint density at radius 2 is 2.11 bits per heavy atom. The maximum absolute atomic E-state index is 9.43. The lowest BCUT2D eigenvalue weighted by molar-refractivity contribution is 0.184. The van der Waals surface area contributed by atoms with Crippen molar-refractivity contribution in [2.45, 2.75) is 13.5 Å². The van der Waals surface area contributed by atoms with Gasteiger partial charge in [-0.3, -0.25) is 5.43 Å². The van der Waals surface area contributed by atoms with Crippen LogP contribution in [0.1, 0.15) is 22.4 Å². The van der Waals surface area contributed by atoms with Crippen molar-refractivity contribution in [2.24, 2.45) is 5.10 Å². The predicted octanol–water partition coefficient (Wildman–Crippen LogP) is 3.43. The fourth-order valence-electron chi connectivity index (χ4n) is 2.42. The summed E-state index contributed by atoms with van der Waals surface area (Å²) < 4.78 is 16.0. The first kappa shape index (κ1) is 19.9. The molecule has 0 aliphatic rings. The van der Waals surface area contributed by atoms with E-state index in [0.29, 0.717) is 36.1 Å². The van der Waals surface area contributed by atoms with Crippen LogP contribution in [0.5, 0.6) is 11.5 Å². The van der Waals surface area contributed by atoms with Crippen LogP contribution in [0.2, 0.25) is 0 Å². The summed E-state index contributed by atoms with van der Waals surface area (Å²) in [5.41, 5.74) is 5.57. The number of hydrogen-bond acceptors (Lipinski definition) is 7. The molecule has 0 radical (unpaired) electrons. The number of nitrogens with zero attached hydrogens (tertiary/aromatic N) is 3. The molecule has 2 aromatic rings. The van der Waals surface area contributed by atoms with Gasteiger partial charge in [-0.15, -0.1) is 0 Å². The number of hydrazone groups is 1. The van der Waals surface area contributed by atoms with E-state index in [1.165, 1.54) is 0 Å². The van der Waals surface area contributed by atoms with E-state index in [9.17, 15) is 5.26 Å². The fraction of sp³-hybridized carbons (Fsp3) is 0.250. The lowest BCUT2D eigenvalue weighted by atomic mass is 10.1. The van der Waals surface area contributed by atoms with Crippen LogP contribution in [0.15, 0.2) is 42.0 Å². The first-order valence-corrected chi connectivity index (χ1v) is 8.23. The average molecular weight is 366 g/mol. The number of ether oxygens (including phenoxy) is 3. The quantitative estimate of drug-likeness (QED) is 0.415. The molecule has 1 heterocycles. The lowest BCUT2D eigenvalue weighted by Gasteiger charge is -2.10. The van der Waals surface area contributed by atoms with Gasteiger partial charge < -0.3 is 14.2 Å². The van der Waals surface area contributed by atoms with Crippen LogP contribution in [-0.4, -0.2) is 32.0 Å². The molecule has 0 saturated heterocycles. The number of nitrogens with one attached hydrogen (secondary N) is 1. The van der Waals surface area contributed by atoms with Crippen LogP contribution in [-0.2, 0) is 11.3 Å². The van der Waals surface area contributed by atoms with Gasteiger partial charge in [-0.1, -0.05) is 12.7 Å². The molecule has 7 nitrogen and oxygen atoms in total. The summed E-state index contributed by atoms with van der Waals surface area (Å²) in [4.78, 5) is 4.34. The average Bonchev–Trinajstić information content (AvgIpc) is 2.67. The molecule has 0 bridgehead atoms. The Balaban J connectivity index is 2.20. The summed E-state index contributed by atoms with van der Waals surface area (Å²) in [5, 5.41) is 13.6. The molecule has 1 N–H and O–H groups in total. The summed E-state index contributed by atoms with van der Waals surface area (Å²) in [5.74, 6) is 1.60. The number of benzene rings is 1.